The Bertz CT molecular complexity index is 1010. The van der Waals surface area contributed by atoms with E-state index in [0.29, 0.717) is 30.8 Å². The molecule has 152 valence electrons. The second kappa shape index (κ2) is 7.50. The summed E-state index contributed by atoms with van der Waals surface area (Å²) in [6.45, 7) is 1.29. The van der Waals surface area contributed by atoms with Crippen LogP contribution in [0, 0.1) is 0 Å². The fraction of sp³-hybridized carbons (Fsp3) is 0.524. The zero-order valence-electron chi connectivity index (χ0n) is 16.6. The van der Waals surface area contributed by atoms with E-state index in [9.17, 15) is 4.79 Å². The highest BCUT2D eigenvalue weighted by Gasteiger charge is 2.27. The average molecular weight is 395 g/mol. The molecule has 2 aromatic heterocycles. The van der Waals surface area contributed by atoms with Crippen molar-refractivity contribution < 1.29 is 14.1 Å². The lowest BCUT2D eigenvalue weighted by Gasteiger charge is -2.29. The van der Waals surface area contributed by atoms with Crippen LogP contribution in [-0.4, -0.2) is 51.1 Å². The van der Waals surface area contributed by atoms with Crippen molar-refractivity contribution in [1.82, 2.24) is 24.8 Å². The van der Waals surface area contributed by atoms with Gasteiger partial charge in [-0.15, -0.1) is 0 Å². The van der Waals surface area contributed by atoms with E-state index in [1.165, 1.54) is 32.8 Å². The van der Waals surface area contributed by atoms with Crippen LogP contribution in [0.15, 0.2) is 28.9 Å². The Labute approximate surface area is 168 Å². The van der Waals surface area contributed by atoms with E-state index in [1.807, 2.05) is 12.3 Å². The van der Waals surface area contributed by atoms with Crippen LogP contribution in [0.5, 0.6) is 0 Å². The summed E-state index contributed by atoms with van der Waals surface area (Å²) in [5.41, 5.74) is 2.04. The second-order valence-electron chi connectivity index (χ2n) is 7.99. The third-order valence-corrected chi connectivity index (χ3v) is 6.25. The molecule has 8 heteroatoms. The highest BCUT2D eigenvalue weighted by Crippen LogP contribution is 2.33. The minimum absolute atomic E-state index is 0.196. The highest BCUT2D eigenvalue weighted by atomic mass is 16.5. The third kappa shape index (κ3) is 3.36. The van der Waals surface area contributed by atoms with E-state index in [-0.39, 0.29) is 12.0 Å². The van der Waals surface area contributed by atoms with Gasteiger partial charge in [0, 0.05) is 30.0 Å². The number of fused-ring (bicyclic) bond motifs is 1. The molecule has 0 radical (unpaired) electrons. The summed E-state index contributed by atoms with van der Waals surface area (Å²) in [6, 6.07) is 6.68. The van der Waals surface area contributed by atoms with Gasteiger partial charge in [-0.3, -0.25) is 4.68 Å². The number of nitrogens with zero attached hydrogens (tertiary/aromatic N) is 5. The molecule has 5 rings (SSSR count). The van der Waals surface area contributed by atoms with Crippen LogP contribution >= 0.6 is 0 Å². The van der Waals surface area contributed by atoms with Crippen LogP contribution in [0.3, 0.4) is 0 Å². The van der Waals surface area contributed by atoms with E-state index < -0.39 is 0 Å². The molecule has 0 unspecified atom stereocenters. The van der Waals surface area contributed by atoms with Crippen molar-refractivity contribution in [2.45, 2.75) is 50.5 Å². The summed E-state index contributed by atoms with van der Waals surface area (Å²) in [5, 5.41) is 9.99. The van der Waals surface area contributed by atoms with E-state index in [2.05, 4.69) is 32.1 Å². The van der Waals surface area contributed by atoms with Crippen molar-refractivity contribution >= 4 is 17.0 Å². The first-order valence-electron chi connectivity index (χ1n) is 10.4. The van der Waals surface area contributed by atoms with E-state index >= 15 is 0 Å². The second-order valence-corrected chi connectivity index (χ2v) is 7.99. The van der Waals surface area contributed by atoms with Crippen molar-refractivity contribution in [1.29, 1.82) is 0 Å². The molecule has 1 aliphatic heterocycles. The SMILES string of the molecule is COC(=O)N1CCC(c2noc(-c3ccc4cnn(C5CCCC5)c4c3)n2)CC1. The fourth-order valence-corrected chi connectivity index (χ4v) is 4.58. The van der Waals surface area contributed by atoms with Crippen molar-refractivity contribution in [3.63, 3.8) is 0 Å². The summed E-state index contributed by atoms with van der Waals surface area (Å²) in [7, 11) is 1.41. The Hall–Kier alpha value is -2.90. The van der Waals surface area contributed by atoms with Gasteiger partial charge in [-0.25, -0.2) is 4.79 Å². The Kier molecular flexibility index (Phi) is 4.69. The predicted molar refractivity (Wildman–Crippen MR) is 106 cm³/mol. The Morgan fingerprint density at radius 1 is 1.17 bits per heavy atom. The van der Waals surface area contributed by atoms with Gasteiger partial charge < -0.3 is 14.2 Å². The van der Waals surface area contributed by atoms with Gasteiger partial charge in [0.15, 0.2) is 5.82 Å². The molecule has 0 atom stereocenters. The van der Waals surface area contributed by atoms with Crippen LogP contribution < -0.4 is 0 Å². The molecular weight excluding hydrogens is 370 g/mol. The number of amides is 1. The monoisotopic (exact) mass is 395 g/mol. The van der Waals surface area contributed by atoms with E-state index in [4.69, 9.17) is 9.26 Å². The molecule has 8 nitrogen and oxygen atoms in total. The van der Waals surface area contributed by atoms with Crippen molar-refractivity contribution in [2.24, 2.45) is 0 Å². The van der Waals surface area contributed by atoms with Crippen molar-refractivity contribution in [3.05, 3.63) is 30.2 Å². The number of ether oxygens (including phenoxy) is 1. The maximum atomic E-state index is 11.7. The van der Waals surface area contributed by atoms with E-state index in [0.717, 1.165) is 29.3 Å². The largest absolute Gasteiger partial charge is 0.453 e. The molecule has 3 aromatic rings. The van der Waals surface area contributed by atoms with Crippen LogP contribution in [0.4, 0.5) is 4.79 Å². The summed E-state index contributed by atoms with van der Waals surface area (Å²) >= 11 is 0. The number of hydrogen-bond donors (Lipinski definition) is 0. The first kappa shape index (κ1) is 18.1. The molecule has 0 bridgehead atoms. The summed E-state index contributed by atoms with van der Waals surface area (Å²) in [5.74, 6) is 1.45. The Morgan fingerprint density at radius 2 is 1.97 bits per heavy atom. The first-order chi connectivity index (χ1) is 14.2. The maximum Gasteiger partial charge on any atom is 0.409 e. The number of methoxy groups -OCH3 is 1. The average Bonchev–Trinajstić information content (AvgIpc) is 3.53. The molecule has 2 aliphatic rings. The van der Waals surface area contributed by atoms with Gasteiger partial charge in [-0.05, 0) is 37.8 Å². The van der Waals surface area contributed by atoms with Crippen LogP contribution in [0.2, 0.25) is 0 Å². The number of piperidine rings is 1. The molecule has 2 fully saturated rings. The minimum atomic E-state index is -0.274. The number of rotatable bonds is 3. The number of hydrogen-bond acceptors (Lipinski definition) is 6. The number of benzene rings is 1. The molecule has 1 aromatic carbocycles. The van der Waals surface area contributed by atoms with Crippen molar-refractivity contribution in [2.75, 3.05) is 20.2 Å². The van der Waals surface area contributed by atoms with Gasteiger partial charge >= 0.3 is 6.09 Å². The topological polar surface area (TPSA) is 86.3 Å². The molecule has 29 heavy (non-hydrogen) atoms. The molecule has 3 heterocycles. The quantitative estimate of drug-likeness (QED) is 0.662. The third-order valence-electron chi connectivity index (χ3n) is 6.25. The molecule has 1 amide bonds. The zero-order valence-corrected chi connectivity index (χ0v) is 16.6. The Balaban J connectivity index is 1.36. The summed E-state index contributed by atoms with van der Waals surface area (Å²) < 4.78 is 12.6. The highest BCUT2D eigenvalue weighted by molar-refractivity contribution is 5.83. The lowest BCUT2D eigenvalue weighted by Crippen LogP contribution is -2.37. The minimum Gasteiger partial charge on any atom is -0.453 e. The summed E-state index contributed by atoms with van der Waals surface area (Å²) in [6.07, 6.45) is 8.20. The molecule has 0 N–H and O–H groups in total. The van der Waals surface area contributed by atoms with Crippen LogP contribution in [-0.2, 0) is 4.74 Å². The number of likely N-dealkylation sites (tertiary alicyclic amines) is 1. The zero-order chi connectivity index (χ0) is 19.8. The van der Waals surface area contributed by atoms with Crippen LogP contribution in [0.1, 0.15) is 56.3 Å². The van der Waals surface area contributed by atoms with Crippen LogP contribution in [0.25, 0.3) is 22.4 Å². The van der Waals surface area contributed by atoms with Gasteiger partial charge in [0.05, 0.1) is 24.9 Å². The number of carbonyl (C=O) groups excluding carboxylic acids is 1. The number of aromatic nitrogens is 4. The lowest BCUT2D eigenvalue weighted by molar-refractivity contribution is 0.111. The molecular formula is C21H25N5O3. The van der Waals surface area contributed by atoms with Gasteiger partial charge in [0.25, 0.3) is 5.89 Å². The van der Waals surface area contributed by atoms with Crippen molar-refractivity contribution in [3.8, 4) is 11.5 Å². The van der Waals surface area contributed by atoms with Gasteiger partial charge in [0.1, 0.15) is 0 Å². The van der Waals surface area contributed by atoms with Gasteiger partial charge in [-0.1, -0.05) is 24.1 Å². The first-order valence-corrected chi connectivity index (χ1v) is 10.4. The van der Waals surface area contributed by atoms with Gasteiger partial charge in [0.2, 0.25) is 0 Å². The maximum absolute atomic E-state index is 11.7. The Morgan fingerprint density at radius 3 is 2.72 bits per heavy atom. The lowest BCUT2D eigenvalue weighted by atomic mass is 9.96. The standard InChI is InChI=1S/C21H25N5O3/c1-28-21(27)25-10-8-14(9-11-25)19-23-20(29-24-19)15-6-7-16-13-22-26(18(16)12-15)17-4-2-3-5-17/h6-7,12-14,17H,2-5,8-11H2,1H3. The molecule has 1 aliphatic carbocycles. The fourth-order valence-electron chi connectivity index (χ4n) is 4.58. The normalized spacial score (nSPS) is 18.6. The predicted octanol–water partition coefficient (Wildman–Crippen LogP) is 4.15. The van der Waals surface area contributed by atoms with E-state index in [1.54, 1.807) is 4.90 Å². The molecule has 1 saturated carbocycles. The molecule has 1 saturated heterocycles. The molecule has 0 spiro atoms. The van der Waals surface area contributed by atoms with Gasteiger partial charge in [-0.2, -0.15) is 10.1 Å². The summed E-state index contributed by atoms with van der Waals surface area (Å²) in [4.78, 5) is 18.0. The smallest absolute Gasteiger partial charge is 0.409 e. The number of carbonyl (C=O) groups is 1.